The van der Waals surface area contributed by atoms with Crippen molar-refractivity contribution in [3.8, 4) is 0 Å². The van der Waals surface area contributed by atoms with Crippen LogP contribution in [0.5, 0.6) is 0 Å². The molecule has 0 unspecified atom stereocenters. The number of urea groups is 1. The van der Waals surface area contributed by atoms with Crippen LogP contribution < -0.4 is 5.32 Å². The lowest BCUT2D eigenvalue weighted by Gasteiger charge is -2.28. The van der Waals surface area contributed by atoms with E-state index >= 15 is 0 Å². The van der Waals surface area contributed by atoms with E-state index in [9.17, 15) is 9.59 Å². The summed E-state index contributed by atoms with van der Waals surface area (Å²) in [7, 11) is 0. The zero-order valence-corrected chi connectivity index (χ0v) is 16.0. The fourth-order valence-electron chi connectivity index (χ4n) is 3.45. The number of amides is 3. The molecule has 1 aliphatic heterocycles. The van der Waals surface area contributed by atoms with Gasteiger partial charge in [-0.15, -0.1) is 0 Å². The number of hydrogen-bond donors (Lipinski definition) is 1. The van der Waals surface area contributed by atoms with Crippen molar-refractivity contribution >= 4 is 27.9 Å². The van der Waals surface area contributed by atoms with E-state index in [1.807, 2.05) is 84.9 Å². The quantitative estimate of drug-likeness (QED) is 0.634. The molecule has 1 saturated heterocycles. The van der Waals surface area contributed by atoms with Crippen molar-refractivity contribution in [3.05, 3.63) is 106 Å². The second-order valence-electron chi connectivity index (χ2n) is 6.39. The smallest absolute Gasteiger partial charge is 0.315 e. The van der Waals surface area contributed by atoms with Crippen molar-refractivity contribution in [3.63, 3.8) is 0 Å². The van der Waals surface area contributed by atoms with Gasteiger partial charge in [0.05, 0.1) is 6.54 Å². The van der Waals surface area contributed by atoms with Crippen LogP contribution in [0.1, 0.15) is 16.7 Å². The Morgan fingerprint density at radius 2 is 1.30 bits per heavy atom. The number of halogens is 1. The van der Waals surface area contributed by atoms with Gasteiger partial charge in [-0.1, -0.05) is 94.8 Å². The molecule has 3 aromatic rings. The number of nitrogens with one attached hydrogen (secondary N) is 1. The summed E-state index contributed by atoms with van der Waals surface area (Å²) >= 11 is 3.49. The summed E-state index contributed by atoms with van der Waals surface area (Å²) in [6.07, 6.45) is 0. The molecule has 1 aliphatic rings. The summed E-state index contributed by atoms with van der Waals surface area (Å²) in [6, 6.07) is 25.9. The molecule has 4 nitrogen and oxygen atoms in total. The molecule has 0 aromatic heterocycles. The number of carbonyl (C=O) groups is 2. The van der Waals surface area contributed by atoms with Gasteiger partial charge < -0.3 is 5.32 Å². The maximum absolute atomic E-state index is 13.6. The molecule has 1 fully saturated rings. The number of hydrogen-bond acceptors (Lipinski definition) is 2. The van der Waals surface area contributed by atoms with Crippen LogP contribution in [0.3, 0.4) is 0 Å². The molecule has 3 amide bonds. The van der Waals surface area contributed by atoms with Gasteiger partial charge in [-0.25, -0.2) is 4.79 Å². The summed E-state index contributed by atoms with van der Waals surface area (Å²) in [6.45, 7) is 0.202. The van der Waals surface area contributed by atoms with Gasteiger partial charge in [0.15, 0.2) is 5.54 Å². The first-order chi connectivity index (χ1) is 13.1. The predicted octanol–water partition coefficient (Wildman–Crippen LogP) is 4.44. The van der Waals surface area contributed by atoms with E-state index in [-0.39, 0.29) is 12.5 Å². The van der Waals surface area contributed by atoms with Crippen LogP contribution in [0.25, 0.3) is 0 Å². The van der Waals surface area contributed by atoms with Crippen LogP contribution in [0.4, 0.5) is 4.79 Å². The van der Waals surface area contributed by atoms with Crippen molar-refractivity contribution in [2.45, 2.75) is 12.1 Å². The van der Waals surface area contributed by atoms with Crippen LogP contribution >= 0.6 is 15.9 Å². The number of benzene rings is 3. The highest BCUT2D eigenvalue weighted by Gasteiger charge is 2.53. The van der Waals surface area contributed by atoms with Gasteiger partial charge in [0, 0.05) is 4.47 Å². The first kappa shape index (κ1) is 17.5. The van der Waals surface area contributed by atoms with Crippen molar-refractivity contribution in [2.75, 3.05) is 0 Å². The Morgan fingerprint density at radius 3 is 1.85 bits per heavy atom. The number of nitrogens with zero attached hydrogens (tertiary/aromatic N) is 1. The Morgan fingerprint density at radius 1 is 0.778 bits per heavy atom. The lowest BCUT2D eigenvalue weighted by Crippen LogP contribution is -2.45. The van der Waals surface area contributed by atoms with Crippen molar-refractivity contribution < 1.29 is 9.59 Å². The molecule has 3 aromatic carbocycles. The van der Waals surface area contributed by atoms with E-state index < -0.39 is 11.6 Å². The molecule has 134 valence electrons. The van der Waals surface area contributed by atoms with Crippen LogP contribution in [0.2, 0.25) is 0 Å². The fourth-order valence-corrected chi connectivity index (χ4v) is 3.86. The minimum Gasteiger partial charge on any atom is -0.315 e. The van der Waals surface area contributed by atoms with E-state index in [0.717, 1.165) is 21.2 Å². The van der Waals surface area contributed by atoms with Crippen molar-refractivity contribution in [1.29, 1.82) is 0 Å². The Balaban J connectivity index is 1.81. The average Bonchev–Trinajstić information content (AvgIpc) is 2.96. The Kier molecular flexibility index (Phi) is 4.54. The Labute approximate surface area is 165 Å². The van der Waals surface area contributed by atoms with E-state index in [1.165, 1.54) is 4.90 Å². The molecule has 0 spiro atoms. The maximum atomic E-state index is 13.6. The minimum atomic E-state index is -1.22. The topological polar surface area (TPSA) is 49.4 Å². The molecule has 0 saturated carbocycles. The van der Waals surface area contributed by atoms with Gasteiger partial charge in [-0.2, -0.15) is 0 Å². The molecule has 5 heteroatoms. The molecule has 1 heterocycles. The van der Waals surface area contributed by atoms with Crippen molar-refractivity contribution in [2.24, 2.45) is 0 Å². The van der Waals surface area contributed by atoms with Gasteiger partial charge in [-0.05, 0) is 22.8 Å². The third kappa shape index (κ3) is 2.94. The molecule has 27 heavy (non-hydrogen) atoms. The Hall–Kier alpha value is -2.92. The largest absolute Gasteiger partial charge is 0.325 e. The van der Waals surface area contributed by atoms with E-state index in [0.29, 0.717) is 0 Å². The number of rotatable bonds is 4. The fraction of sp³-hybridized carbons (Fsp3) is 0.0909. The van der Waals surface area contributed by atoms with Gasteiger partial charge in [0.1, 0.15) is 0 Å². The van der Waals surface area contributed by atoms with Crippen LogP contribution in [0, 0.1) is 0 Å². The van der Waals surface area contributed by atoms with Gasteiger partial charge in [0.25, 0.3) is 5.91 Å². The summed E-state index contributed by atoms with van der Waals surface area (Å²) in [4.78, 5) is 27.7. The first-order valence-corrected chi connectivity index (χ1v) is 9.41. The van der Waals surface area contributed by atoms with E-state index in [4.69, 9.17) is 0 Å². The Bertz CT molecular complexity index is 950. The van der Waals surface area contributed by atoms with E-state index in [1.54, 1.807) is 0 Å². The second-order valence-corrected chi connectivity index (χ2v) is 7.25. The monoisotopic (exact) mass is 420 g/mol. The lowest BCUT2D eigenvalue weighted by molar-refractivity contribution is -0.130. The summed E-state index contributed by atoms with van der Waals surface area (Å²) < 4.78 is 0.863. The lowest BCUT2D eigenvalue weighted by atomic mass is 9.82. The third-order valence-electron chi connectivity index (χ3n) is 4.81. The standard InChI is InChI=1S/C22H17BrN2O2/c23-19-14-8-7-9-16(19)15-25-20(26)22(24-21(25)27,17-10-3-1-4-11-17)18-12-5-2-6-13-18/h1-14H,15H2,(H,24,27). The molecule has 4 rings (SSSR count). The summed E-state index contributed by atoms with van der Waals surface area (Å²) in [5, 5.41) is 2.96. The highest BCUT2D eigenvalue weighted by atomic mass is 79.9. The third-order valence-corrected chi connectivity index (χ3v) is 5.58. The van der Waals surface area contributed by atoms with Crippen LogP contribution in [0.15, 0.2) is 89.4 Å². The SMILES string of the molecule is O=C1NC(c2ccccc2)(c2ccccc2)C(=O)N1Cc1ccccc1Br. The second kappa shape index (κ2) is 7.00. The highest BCUT2D eigenvalue weighted by molar-refractivity contribution is 9.10. The van der Waals surface area contributed by atoms with E-state index in [2.05, 4.69) is 21.2 Å². The van der Waals surface area contributed by atoms with Crippen LogP contribution in [-0.2, 0) is 16.9 Å². The normalized spacial score (nSPS) is 15.7. The zero-order valence-electron chi connectivity index (χ0n) is 14.4. The zero-order chi connectivity index (χ0) is 18.9. The maximum Gasteiger partial charge on any atom is 0.325 e. The average molecular weight is 421 g/mol. The van der Waals surface area contributed by atoms with Crippen molar-refractivity contribution in [1.82, 2.24) is 10.2 Å². The summed E-state index contributed by atoms with van der Waals surface area (Å²) in [5.41, 5.74) is 1.13. The number of carbonyl (C=O) groups excluding carboxylic acids is 2. The predicted molar refractivity (Wildman–Crippen MR) is 107 cm³/mol. The van der Waals surface area contributed by atoms with Gasteiger partial charge >= 0.3 is 6.03 Å². The molecule has 1 N–H and O–H groups in total. The molecular weight excluding hydrogens is 404 g/mol. The molecule has 0 bridgehead atoms. The highest BCUT2D eigenvalue weighted by Crippen LogP contribution is 2.36. The minimum absolute atomic E-state index is 0.202. The van der Waals surface area contributed by atoms with Gasteiger partial charge in [-0.3, -0.25) is 9.69 Å². The summed E-state index contributed by atoms with van der Waals surface area (Å²) in [5.74, 6) is -0.277. The molecule has 0 radical (unpaired) electrons. The molecule has 0 aliphatic carbocycles. The van der Waals surface area contributed by atoms with Crippen LogP contribution in [-0.4, -0.2) is 16.8 Å². The first-order valence-electron chi connectivity index (χ1n) is 8.61. The number of imide groups is 1. The van der Waals surface area contributed by atoms with Gasteiger partial charge in [0.2, 0.25) is 0 Å². The molecule has 0 atom stereocenters. The molecular formula is C22H17BrN2O2.